The normalized spacial score (nSPS) is 11.9. The van der Waals surface area contributed by atoms with Crippen LogP contribution in [0, 0.1) is 0 Å². The average molecular weight is 1770 g/mol. The molecule has 614 valence electrons. The molecule has 0 amide bonds. The quantitative estimate of drug-likeness (QED) is 0.00703. The third-order valence-electron chi connectivity index (χ3n) is 23.3. The number of benzene rings is 16. The first-order valence-corrected chi connectivity index (χ1v) is 43.0. The summed E-state index contributed by atoms with van der Waals surface area (Å²) in [5.74, 6) is 2.20. The van der Waals surface area contributed by atoms with Crippen LogP contribution in [-0.2, 0) is 28.7 Å². The number of aromatic hydroxyl groups is 3. The first-order chi connectivity index (χ1) is 60.2. The number of esters is 2. The van der Waals surface area contributed by atoms with E-state index in [0.717, 1.165) is 85.6 Å². The number of hydrogen-bond donors (Lipinski definition) is 3. The van der Waals surface area contributed by atoms with E-state index in [1.807, 2.05) is 0 Å². The Balaban J connectivity index is 0.000000171. The van der Waals surface area contributed by atoms with Gasteiger partial charge in [0.05, 0.1) is 24.3 Å². The zero-order valence-corrected chi connectivity index (χ0v) is 78.4. The molecule has 2 heterocycles. The molecule has 16 aromatic carbocycles. The molecule has 2 aliphatic carbocycles. The van der Waals surface area contributed by atoms with Crippen LogP contribution in [0.5, 0.6) is 23.0 Å². The molecule has 0 bridgehead atoms. The number of phenols is 3. The first kappa shape index (κ1) is 89.3. The molecule has 2 aromatic heterocycles. The Morgan fingerprint density at radius 3 is 1.05 bits per heavy atom. The van der Waals surface area contributed by atoms with Crippen LogP contribution in [-0.4, -0.2) is 87.8 Å². The predicted octanol–water partition coefficient (Wildman–Crippen LogP) is 19.2. The van der Waals surface area contributed by atoms with Gasteiger partial charge in [0.2, 0.25) is 0 Å². The zero-order chi connectivity index (χ0) is 84.8. The number of halogens is 1. The molecule has 0 radical (unpaired) electrons. The van der Waals surface area contributed by atoms with E-state index >= 15 is 0 Å². The number of carbonyl (C=O) groups excluding carboxylic acids is 3. The number of unbranched alkanes of at least 4 members (excludes halogenated alkanes) is 10. The van der Waals surface area contributed by atoms with E-state index in [1.54, 1.807) is 32.0 Å². The molecule has 0 saturated carbocycles. The van der Waals surface area contributed by atoms with Gasteiger partial charge in [0.25, 0.3) is 6.47 Å². The molecule has 2 aliphatic rings. The molecule has 17 nitrogen and oxygen atoms in total. The molecule has 0 saturated heterocycles. The summed E-state index contributed by atoms with van der Waals surface area (Å²) < 4.78 is 16.5. The molecule has 0 fully saturated rings. The van der Waals surface area contributed by atoms with Crippen LogP contribution in [0.2, 0.25) is 0 Å². The van der Waals surface area contributed by atoms with Crippen molar-refractivity contribution in [3.63, 3.8) is 0 Å². The van der Waals surface area contributed by atoms with Gasteiger partial charge in [0.15, 0.2) is 41.1 Å². The van der Waals surface area contributed by atoms with Crippen molar-refractivity contribution in [3.05, 3.63) is 255 Å². The summed E-state index contributed by atoms with van der Waals surface area (Å²) in [6.45, 7) is 8.60. The van der Waals surface area contributed by atoms with Gasteiger partial charge in [-0.15, -0.1) is 0 Å². The third kappa shape index (κ3) is 18.4. The number of aromatic nitrogens is 6. The second-order valence-electron chi connectivity index (χ2n) is 31.2. The molecular formula is C105H89BrK2N6O11. The fraction of sp³-hybridized carbons (Fsp3) is 0.190. The second kappa shape index (κ2) is 40.4. The SMILES string of the molecule is CCCCCCCCOC(=O)C(C)Br.CCCCCCCCOC(=O)C(C)Oc1ccc(-c2nc(-c3ccc4c5c(cccc35)-c3ccccc3-4)nc(-c3ccc4ccc5cccc6ccc3c4c56)n2)c(O)c1.O=CO[O-].Oc1ccc(-c2nc(-c3ccc4c5c(cccc35)-c3ccccc3-4)nc(-c3ccc4ccc5cccc6ccc3c4c56)n2)c(O)c1.[H-].[K+].[K+]. The number of ether oxygens (including phenoxy) is 3. The number of hydrogen-bond acceptors (Lipinski definition) is 17. The van der Waals surface area contributed by atoms with E-state index in [1.165, 1.54) is 163 Å². The largest absolute Gasteiger partial charge is 1.00 e. The third-order valence-corrected chi connectivity index (χ3v) is 23.7. The molecule has 0 spiro atoms. The van der Waals surface area contributed by atoms with Crippen molar-refractivity contribution in [2.24, 2.45) is 0 Å². The van der Waals surface area contributed by atoms with Gasteiger partial charge in [-0.25, -0.2) is 34.7 Å². The molecule has 125 heavy (non-hydrogen) atoms. The summed E-state index contributed by atoms with van der Waals surface area (Å²) >= 11 is 3.17. The van der Waals surface area contributed by atoms with Crippen molar-refractivity contribution < 1.29 is 158 Å². The maximum atomic E-state index is 12.8. The number of fused-ring (bicyclic) bond motifs is 6. The summed E-state index contributed by atoms with van der Waals surface area (Å²) in [6.07, 6.45) is 13.1. The van der Waals surface area contributed by atoms with Gasteiger partial charge in [-0.1, -0.05) is 288 Å². The number of rotatable bonds is 25. The van der Waals surface area contributed by atoms with Crippen LogP contribution >= 0.6 is 15.9 Å². The van der Waals surface area contributed by atoms with E-state index < -0.39 is 12.1 Å². The Morgan fingerprint density at radius 2 is 0.656 bits per heavy atom. The van der Waals surface area contributed by atoms with Crippen LogP contribution in [0.3, 0.4) is 0 Å². The number of alkyl halides is 1. The molecule has 2 atom stereocenters. The Labute approximate surface area is 818 Å². The van der Waals surface area contributed by atoms with Crippen molar-refractivity contribution in [1.29, 1.82) is 0 Å². The van der Waals surface area contributed by atoms with Crippen LogP contribution in [0.1, 0.15) is 106 Å². The number of phenolic OH excluding ortho intramolecular Hbond substituents is 3. The van der Waals surface area contributed by atoms with Gasteiger partial charge < -0.3 is 41.1 Å². The molecule has 3 N–H and O–H groups in total. The number of nitrogens with zero attached hydrogens (tertiary/aromatic N) is 6. The smallest absolute Gasteiger partial charge is 1.00 e. The van der Waals surface area contributed by atoms with Crippen LogP contribution in [0.15, 0.2) is 255 Å². The van der Waals surface area contributed by atoms with Crippen molar-refractivity contribution in [3.8, 4) is 136 Å². The minimum atomic E-state index is -0.847. The van der Waals surface area contributed by atoms with Crippen LogP contribution in [0.4, 0.5) is 0 Å². The fourth-order valence-electron chi connectivity index (χ4n) is 17.4. The van der Waals surface area contributed by atoms with Gasteiger partial charge in [-0.2, -0.15) is 0 Å². The zero-order valence-electron chi connectivity index (χ0n) is 71.5. The fourth-order valence-corrected chi connectivity index (χ4v) is 17.6. The van der Waals surface area contributed by atoms with Crippen LogP contribution in [0.25, 0.3) is 199 Å². The van der Waals surface area contributed by atoms with E-state index in [-0.39, 0.29) is 139 Å². The molecule has 0 aliphatic heterocycles. The number of carbonyl (C=O) groups is 3. The molecule has 18 aromatic rings. The Morgan fingerprint density at radius 1 is 0.352 bits per heavy atom. The Bertz CT molecular complexity index is 6970. The minimum absolute atomic E-state index is 0. The standard InChI is InChI=1S/C52H43N3O4.C41H23N3O2.C11H21BrO2.CH2O3.2K.H/c1-3-4-5-6-7-10-29-58-52(57)31(2)59-35-23-26-44(45(56)30-35)51-54-49(42-25-22-34-20-19-32-13-11-14-33-21-24-41(42)47(34)46(32)33)53-50(55-51)43-28-27-40-37-16-9-8-15-36(37)38-17-12-18-39(43)48(38)40;45-25-15-18-34(35(46)21-25)41-43-39(32-17-14-24-12-11-22-5-3-6-23-13-16-31(32)37(24)36(22)23)42-40(44-41)33-20-19-30-27-8-2-1-7-26(27)28-9-4-10-29(33)38(28)30;1-3-4-5-6-7-8-9-14-11(13)10(2)12;2-1-4-3;;;/h8-9,11-28,30-31,56H,3-7,10,29H2,1-2H3;1-21,45-46H;10H,3-9H2,1-2H3;1,3H;;;/q;;;;2*+1;-1/p-1. The Kier molecular flexibility index (Phi) is 28.9. The van der Waals surface area contributed by atoms with Gasteiger partial charge in [0.1, 0.15) is 27.8 Å². The van der Waals surface area contributed by atoms with Gasteiger partial charge in [0, 0.05) is 34.4 Å². The van der Waals surface area contributed by atoms with Gasteiger partial charge in [-0.05, 0) is 206 Å². The topological polar surface area (TPSA) is 249 Å². The monoisotopic (exact) mass is 1770 g/mol. The predicted molar refractivity (Wildman–Crippen MR) is 494 cm³/mol. The molecule has 20 heteroatoms. The van der Waals surface area contributed by atoms with E-state index in [0.29, 0.717) is 65.0 Å². The Hall–Kier alpha value is -10.5. The maximum Gasteiger partial charge on any atom is 1.00 e. The average Bonchev–Trinajstić information content (AvgIpc) is 0.906. The summed E-state index contributed by atoms with van der Waals surface area (Å²) in [4.78, 5) is 65.4. The summed E-state index contributed by atoms with van der Waals surface area (Å²) in [6, 6.07) is 86.2. The second-order valence-corrected chi connectivity index (χ2v) is 32.6. The minimum Gasteiger partial charge on any atom is -1.00 e. The summed E-state index contributed by atoms with van der Waals surface area (Å²) in [5.41, 5.74) is 14.0. The molecule has 2 unspecified atom stereocenters. The van der Waals surface area contributed by atoms with E-state index in [2.05, 4.69) is 253 Å². The van der Waals surface area contributed by atoms with E-state index in [9.17, 15) is 24.9 Å². The van der Waals surface area contributed by atoms with Crippen LogP contribution < -0.4 is 113 Å². The maximum absolute atomic E-state index is 12.8. The molecular weight excluding hydrogens is 1680 g/mol. The van der Waals surface area contributed by atoms with Gasteiger partial charge in [-0.3, -0.25) is 9.59 Å². The van der Waals surface area contributed by atoms with Crippen molar-refractivity contribution in [2.75, 3.05) is 13.2 Å². The summed E-state index contributed by atoms with van der Waals surface area (Å²) in [5, 5.41) is 59.3. The summed E-state index contributed by atoms with van der Waals surface area (Å²) in [7, 11) is 0. The van der Waals surface area contributed by atoms with Crippen molar-refractivity contribution in [1.82, 2.24) is 29.9 Å². The van der Waals surface area contributed by atoms with E-state index in [4.69, 9.17) is 54.2 Å². The first-order valence-electron chi connectivity index (χ1n) is 42.1. The van der Waals surface area contributed by atoms with Gasteiger partial charge >= 0.3 is 115 Å². The van der Waals surface area contributed by atoms with Crippen molar-refractivity contribution >= 4 is 121 Å². The molecule has 20 rings (SSSR count). The van der Waals surface area contributed by atoms with Crippen molar-refractivity contribution in [2.45, 2.75) is 116 Å².